The maximum atomic E-state index is 12.4. The van der Waals surface area contributed by atoms with Crippen LogP contribution >= 0.6 is 11.3 Å². The molecule has 2 aliphatic heterocycles. The van der Waals surface area contributed by atoms with E-state index in [1.54, 1.807) is 23.7 Å². The lowest BCUT2D eigenvalue weighted by atomic mass is 9.98. The van der Waals surface area contributed by atoms with E-state index >= 15 is 0 Å². The molecule has 0 unspecified atom stereocenters. The monoisotopic (exact) mass is 459 g/mol. The van der Waals surface area contributed by atoms with Gasteiger partial charge in [0.1, 0.15) is 11.1 Å². The number of aromatic nitrogens is 3. The average Bonchev–Trinajstić information content (AvgIpc) is 3.39. The number of hydrogen-bond donors (Lipinski definition) is 2. The molecule has 0 radical (unpaired) electrons. The molecule has 13 heteroatoms. The van der Waals surface area contributed by atoms with Crippen LogP contribution in [0, 0.1) is 0 Å². The van der Waals surface area contributed by atoms with Crippen LogP contribution in [-0.4, -0.2) is 67.8 Å². The van der Waals surface area contributed by atoms with Crippen molar-refractivity contribution in [3.63, 3.8) is 0 Å². The number of fused-ring (bicyclic) bond motifs is 1. The Bertz CT molecular complexity index is 869. The Kier molecular flexibility index (Phi) is 7.51. The molecule has 2 saturated heterocycles. The highest BCUT2D eigenvalue weighted by molar-refractivity contribution is 7.09. The Balaban J connectivity index is 0.000000339. The molecule has 2 aliphatic rings. The molecule has 2 aromatic heterocycles. The zero-order valence-electron chi connectivity index (χ0n) is 16.2. The van der Waals surface area contributed by atoms with E-state index in [0.717, 1.165) is 37.4 Å². The van der Waals surface area contributed by atoms with E-state index in [0.29, 0.717) is 11.9 Å². The summed E-state index contributed by atoms with van der Waals surface area (Å²) >= 11 is 1.69. The van der Waals surface area contributed by atoms with Gasteiger partial charge in [-0.05, 0) is 19.3 Å². The molecule has 0 aliphatic carbocycles. The predicted octanol–water partition coefficient (Wildman–Crippen LogP) is 2.33. The zero-order valence-corrected chi connectivity index (χ0v) is 17.0. The van der Waals surface area contributed by atoms with Crippen molar-refractivity contribution < 1.29 is 32.6 Å². The molecule has 4 heterocycles. The summed E-state index contributed by atoms with van der Waals surface area (Å²) in [5.74, 6) is -2.43. The molecule has 2 fully saturated rings. The van der Waals surface area contributed by atoms with Crippen LogP contribution in [0.25, 0.3) is 0 Å². The summed E-state index contributed by atoms with van der Waals surface area (Å²) in [4.78, 5) is 36.1. The fourth-order valence-corrected chi connectivity index (χ4v) is 4.12. The summed E-state index contributed by atoms with van der Waals surface area (Å²) in [5.41, 5.74) is 0. The summed E-state index contributed by atoms with van der Waals surface area (Å²) in [7, 11) is 0. The largest absolute Gasteiger partial charge is 0.490 e. The number of ether oxygens (including phenoxy) is 1. The number of carboxylic acid groups (broad SMARTS) is 1. The third-order valence-electron chi connectivity index (χ3n) is 4.83. The van der Waals surface area contributed by atoms with Gasteiger partial charge in [-0.2, -0.15) is 13.2 Å². The van der Waals surface area contributed by atoms with Crippen molar-refractivity contribution >= 4 is 29.0 Å². The quantitative estimate of drug-likeness (QED) is 0.716. The summed E-state index contributed by atoms with van der Waals surface area (Å²) < 4.78 is 37.8. The Morgan fingerprint density at radius 1 is 1.23 bits per heavy atom. The second-order valence-electron chi connectivity index (χ2n) is 6.88. The highest BCUT2D eigenvalue weighted by Crippen LogP contribution is 2.33. The van der Waals surface area contributed by atoms with Gasteiger partial charge in [-0.15, -0.1) is 11.3 Å². The highest BCUT2D eigenvalue weighted by Gasteiger charge is 2.42. The van der Waals surface area contributed by atoms with Crippen molar-refractivity contribution in [1.82, 2.24) is 19.9 Å². The zero-order chi connectivity index (χ0) is 22.4. The lowest BCUT2D eigenvalue weighted by Gasteiger charge is -2.35. The minimum absolute atomic E-state index is 0.122. The minimum atomic E-state index is -5.08. The Labute approximate surface area is 179 Å². The topological polar surface area (TPSA) is 118 Å². The first-order valence-electron chi connectivity index (χ1n) is 9.39. The first-order chi connectivity index (χ1) is 14.7. The number of nitrogens with zero attached hydrogens (tertiary/aromatic N) is 4. The fourth-order valence-electron chi connectivity index (χ4n) is 3.48. The first kappa shape index (κ1) is 23.0. The molecular weight excluding hydrogens is 439 g/mol. The van der Waals surface area contributed by atoms with Crippen LogP contribution in [0.2, 0.25) is 0 Å². The van der Waals surface area contributed by atoms with Crippen molar-refractivity contribution in [2.24, 2.45) is 0 Å². The second kappa shape index (κ2) is 10.1. The molecule has 2 aromatic rings. The van der Waals surface area contributed by atoms with Crippen LogP contribution in [0.1, 0.15) is 24.3 Å². The van der Waals surface area contributed by atoms with Crippen LogP contribution in [0.5, 0.6) is 0 Å². The number of rotatable bonds is 4. The summed E-state index contributed by atoms with van der Waals surface area (Å²) in [6.45, 7) is 1.87. The number of likely N-dealkylation sites (tertiary alicyclic amines) is 1. The van der Waals surface area contributed by atoms with Crippen LogP contribution in [0.3, 0.4) is 0 Å². The van der Waals surface area contributed by atoms with Gasteiger partial charge >= 0.3 is 12.1 Å². The van der Waals surface area contributed by atoms with E-state index < -0.39 is 18.2 Å². The van der Waals surface area contributed by atoms with Gasteiger partial charge in [-0.1, -0.05) is 0 Å². The number of hydrogen-bond acceptors (Lipinski definition) is 8. The number of anilines is 1. The van der Waals surface area contributed by atoms with Crippen molar-refractivity contribution in [3.8, 4) is 0 Å². The van der Waals surface area contributed by atoms with Crippen LogP contribution in [0.15, 0.2) is 30.2 Å². The van der Waals surface area contributed by atoms with Crippen molar-refractivity contribution in [2.75, 3.05) is 11.9 Å². The summed E-state index contributed by atoms with van der Waals surface area (Å²) in [5, 5.41) is 13.0. The number of thiazole rings is 1. The summed E-state index contributed by atoms with van der Waals surface area (Å²) in [6.07, 6.45) is 3.80. The van der Waals surface area contributed by atoms with Crippen molar-refractivity contribution in [2.45, 2.75) is 50.2 Å². The van der Waals surface area contributed by atoms with Gasteiger partial charge < -0.3 is 15.2 Å². The highest BCUT2D eigenvalue weighted by atomic mass is 32.1. The van der Waals surface area contributed by atoms with E-state index in [4.69, 9.17) is 14.6 Å². The Morgan fingerprint density at radius 2 is 2.00 bits per heavy atom. The third kappa shape index (κ3) is 6.42. The number of aliphatic carboxylic acids is 1. The number of carbonyl (C=O) groups excluding carboxylic acids is 1. The summed E-state index contributed by atoms with van der Waals surface area (Å²) in [6, 6.07) is 0.384. The first-order valence-corrected chi connectivity index (χ1v) is 10.3. The molecule has 0 spiro atoms. The average molecular weight is 459 g/mol. The number of carboxylic acids is 1. The molecule has 0 aromatic carbocycles. The normalized spacial score (nSPS) is 23.4. The van der Waals surface area contributed by atoms with E-state index in [1.807, 2.05) is 11.6 Å². The Hall–Kier alpha value is -2.64. The number of amides is 1. The fraction of sp³-hybridized carbons (Fsp3) is 0.500. The maximum absolute atomic E-state index is 12.4. The van der Waals surface area contributed by atoms with Gasteiger partial charge in [0.15, 0.2) is 5.82 Å². The van der Waals surface area contributed by atoms with E-state index in [1.165, 1.54) is 6.20 Å². The van der Waals surface area contributed by atoms with Gasteiger partial charge in [0.25, 0.3) is 5.91 Å². The minimum Gasteiger partial charge on any atom is -0.475 e. The second-order valence-corrected chi connectivity index (χ2v) is 7.85. The number of halogens is 3. The van der Waals surface area contributed by atoms with Crippen LogP contribution < -0.4 is 5.32 Å². The molecule has 0 saturated carbocycles. The molecule has 9 nitrogen and oxygen atoms in total. The molecule has 3 atom stereocenters. The molecule has 1 amide bonds. The molecule has 4 rings (SSSR count). The predicted molar refractivity (Wildman–Crippen MR) is 103 cm³/mol. The van der Waals surface area contributed by atoms with Gasteiger partial charge in [-0.3, -0.25) is 14.7 Å². The molecule has 0 bridgehead atoms. The molecular formula is C18H20F3N5O4S. The number of carbonyl (C=O) groups is 2. The standard InChI is InChI=1S/C16H19N5O2S.C2HF3O2/c22-16(20-14-9-17-4-5-18-14)13-2-1-11-12(23-13)3-7-21(11)10-15-19-6-8-24-15;3-2(4,5)1(6)7/h4-6,8-9,11-13H,1-3,7,10H2,(H,18,20,22);(H,6,7)/t11-,12-,13+;/m1./s1. The Morgan fingerprint density at radius 3 is 2.61 bits per heavy atom. The lowest BCUT2D eigenvalue weighted by Crippen LogP contribution is -2.46. The lowest BCUT2D eigenvalue weighted by molar-refractivity contribution is -0.192. The van der Waals surface area contributed by atoms with Crippen LogP contribution in [-0.2, 0) is 20.9 Å². The van der Waals surface area contributed by atoms with Gasteiger partial charge in [0.2, 0.25) is 0 Å². The van der Waals surface area contributed by atoms with Gasteiger partial charge in [-0.25, -0.2) is 14.8 Å². The van der Waals surface area contributed by atoms with E-state index in [9.17, 15) is 18.0 Å². The molecule has 31 heavy (non-hydrogen) atoms. The maximum Gasteiger partial charge on any atom is 0.490 e. The van der Waals surface area contributed by atoms with Gasteiger partial charge in [0, 0.05) is 36.6 Å². The number of alkyl halides is 3. The van der Waals surface area contributed by atoms with Crippen molar-refractivity contribution in [3.05, 3.63) is 35.2 Å². The molecule has 168 valence electrons. The van der Waals surface area contributed by atoms with Crippen LogP contribution in [0.4, 0.5) is 19.0 Å². The van der Waals surface area contributed by atoms with Gasteiger partial charge in [0.05, 0.1) is 18.8 Å². The van der Waals surface area contributed by atoms with E-state index in [-0.39, 0.29) is 12.0 Å². The van der Waals surface area contributed by atoms with E-state index in [2.05, 4.69) is 25.2 Å². The third-order valence-corrected chi connectivity index (χ3v) is 5.60. The SMILES string of the molecule is O=C(Nc1cnccn1)[C@@H]1CC[C@@H]2[C@@H](CCN2Cc2nccs2)O1.O=C(O)C(F)(F)F. The number of nitrogens with one attached hydrogen (secondary N) is 1. The molecule has 2 N–H and O–H groups in total. The smallest absolute Gasteiger partial charge is 0.475 e. The van der Waals surface area contributed by atoms with Crippen molar-refractivity contribution in [1.29, 1.82) is 0 Å².